The number of halogens is 1. The molecule has 4 aromatic rings. The van der Waals surface area contributed by atoms with Gasteiger partial charge in [-0.2, -0.15) is 5.10 Å². The number of aryl methyl sites for hydroxylation is 1. The van der Waals surface area contributed by atoms with E-state index in [0.717, 1.165) is 78.6 Å². The summed E-state index contributed by atoms with van der Waals surface area (Å²) in [5, 5.41) is 13.7. The number of ether oxygens (including phenoxy) is 2. The first-order valence-electron chi connectivity index (χ1n) is 12.9. The number of rotatable bonds is 7. The summed E-state index contributed by atoms with van der Waals surface area (Å²) in [5.74, 6) is 0.377. The van der Waals surface area contributed by atoms with Crippen molar-refractivity contribution in [3.8, 4) is 17.0 Å². The Balaban J connectivity index is 1.24. The van der Waals surface area contributed by atoms with Crippen LogP contribution in [0.25, 0.3) is 16.8 Å². The number of aromatic nitrogens is 6. The van der Waals surface area contributed by atoms with Gasteiger partial charge < -0.3 is 9.47 Å². The zero-order valence-electron chi connectivity index (χ0n) is 21.5. The Kier molecular flexibility index (Phi) is 6.37. The summed E-state index contributed by atoms with van der Waals surface area (Å²) < 4.78 is 28.9. The van der Waals surface area contributed by atoms with Gasteiger partial charge in [0.05, 0.1) is 50.0 Å². The number of nitrogens with zero attached hydrogens (tertiary/aromatic N) is 7. The average molecular weight is 506 g/mol. The van der Waals surface area contributed by atoms with Crippen molar-refractivity contribution >= 4 is 5.52 Å². The fourth-order valence-corrected chi connectivity index (χ4v) is 5.33. The molecule has 6 rings (SSSR count). The molecule has 1 unspecified atom stereocenters. The molecule has 0 spiro atoms. The molecule has 10 heteroatoms. The smallest absolute Gasteiger partial charge is 0.146 e. The Labute approximate surface area is 215 Å². The third kappa shape index (κ3) is 4.59. The van der Waals surface area contributed by atoms with E-state index in [-0.39, 0.29) is 11.7 Å². The molecule has 0 bridgehead atoms. The minimum absolute atomic E-state index is 0.00693. The van der Waals surface area contributed by atoms with E-state index in [4.69, 9.17) is 9.47 Å². The maximum absolute atomic E-state index is 13.3. The predicted octanol–water partition coefficient (Wildman–Crippen LogP) is 3.96. The first kappa shape index (κ1) is 24.0. The topological polar surface area (TPSA) is 82.6 Å². The van der Waals surface area contributed by atoms with Gasteiger partial charge in [0.2, 0.25) is 0 Å². The SMILES string of the molecule is Cc1cnn2cc(-c3nnn(C4CCN(C5COC5)CC4)c3C)cc(OCC(C)c3ccc(F)cn3)c12. The summed E-state index contributed by atoms with van der Waals surface area (Å²) >= 11 is 0. The highest BCUT2D eigenvalue weighted by molar-refractivity contribution is 5.72. The van der Waals surface area contributed by atoms with Crippen molar-refractivity contribution in [2.75, 3.05) is 32.9 Å². The summed E-state index contributed by atoms with van der Waals surface area (Å²) in [6.07, 6.45) is 7.17. The van der Waals surface area contributed by atoms with Gasteiger partial charge in [0.15, 0.2) is 0 Å². The van der Waals surface area contributed by atoms with Crippen molar-refractivity contribution in [3.63, 3.8) is 0 Å². The zero-order chi connectivity index (χ0) is 25.5. The molecule has 0 saturated carbocycles. The van der Waals surface area contributed by atoms with E-state index in [1.54, 1.807) is 6.07 Å². The molecule has 4 aromatic heterocycles. The highest BCUT2D eigenvalue weighted by Crippen LogP contribution is 2.33. The Morgan fingerprint density at radius 1 is 1.14 bits per heavy atom. The van der Waals surface area contributed by atoms with Crippen LogP contribution in [0.1, 0.15) is 48.7 Å². The number of hydrogen-bond acceptors (Lipinski definition) is 7. The summed E-state index contributed by atoms with van der Waals surface area (Å²) in [6.45, 7) is 10.4. The predicted molar refractivity (Wildman–Crippen MR) is 136 cm³/mol. The van der Waals surface area contributed by atoms with E-state index >= 15 is 0 Å². The molecule has 6 heterocycles. The van der Waals surface area contributed by atoms with Crippen molar-refractivity contribution < 1.29 is 13.9 Å². The monoisotopic (exact) mass is 505 g/mol. The number of pyridine rings is 2. The molecule has 0 aromatic carbocycles. The molecule has 2 aliphatic rings. The fraction of sp³-hybridized carbons (Fsp3) is 0.481. The standard InChI is InChI=1S/C27H32FN7O2/c1-17-11-30-34-13-20(10-25(27(17)34)37-14-18(2)24-5-4-21(28)12-29-24)26-19(3)35(32-31-26)22-6-8-33(9-7-22)23-15-36-16-23/h4-5,10-13,18,22-23H,6-9,14-16H2,1-3H3. The van der Waals surface area contributed by atoms with Gasteiger partial charge in [0, 0.05) is 36.5 Å². The lowest BCUT2D eigenvalue weighted by Crippen LogP contribution is -2.52. The number of fused-ring (bicyclic) bond motifs is 1. The molecule has 1 atom stereocenters. The lowest BCUT2D eigenvalue weighted by Gasteiger charge is -2.41. The molecule has 0 radical (unpaired) electrons. The van der Waals surface area contributed by atoms with E-state index in [1.807, 2.05) is 36.8 Å². The van der Waals surface area contributed by atoms with Crippen molar-refractivity contribution in [1.29, 1.82) is 0 Å². The summed E-state index contributed by atoms with van der Waals surface area (Å²) in [6, 6.07) is 6.07. The van der Waals surface area contributed by atoms with Crippen molar-refractivity contribution in [3.05, 3.63) is 59.6 Å². The molecule has 0 amide bonds. The van der Waals surface area contributed by atoms with Crippen LogP contribution in [-0.2, 0) is 4.74 Å². The van der Waals surface area contributed by atoms with E-state index in [2.05, 4.69) is 36.9 Å². The third-order valence-corrected chi connectivity index (χ3v) is 7.69. The molecule has 194 valence electrons. The second-order valence-electron chi connectivity index (χ2n) is 10.3. The van der Waals surface area contributed by atoms with Gasteiger partial charge in [-0.3, -0.25) is 9.88 Å². The lowest BCUT2D eigenvalue weighted by atomic mass is 10.0. The Morgan fingerprint density at radius 2 is 1.95 bits per heavy atom. The summed E-state index contributed by atoms with van der Waals surface area (Å²) in [4.78, 5) is 6.74. The van der Waals surface area contributed by atoms with Gasteiger partial charge in [-0.05, 0) is 50.5 Å². The molecule has 2 aliphatic heterocycles. The Bertz CT molecular complexity index is 1390. The van der Waals surface area contributed by atoms with E-state index in [1.165, 1.54) is 12.3 Å². The van der Waals surface area contributed by atoms with Crippen LogP contribution in [0.2, 0.25) is 0 Å². The average Bonchev–Trinajstić information content (AvgIpc) is 3.44. The quantitative estimate of drug-likeness (QED) is 0.376. The minimum atomic E-state index is -0.344. The van der Waals surface area contributed by atoms with Gasteiger partial charge in [-0.15, -0.1) is 5.10 Å². The molecule has 0 N–H and O–H groups in total. The maximum Gasteiger partial charge on any atom is 0.146 e. The number of piperidine rings is 1. The van der Waals surface area contributed by atoms with Crippen molar-refractivity contribution in [2.24, 2.45) is 0 Å². The highest BCUT2D eigenvalue weighted by Gasteiger charge is 2.31. The van der Waals surface area contributed by atoms with E-state index in [0.29, 0.717) is 18.7 Å². The minimum Gasteiger partial charge on any atom is -0.491 e. The normalized spacial score (nSPS) is 18.3. The summed E-state index contributed by atoms with van der Waals surface area (Å²) in [7, 11) is 0. The second-order valence-corrected chi connectivity index (χ2v) is 10.3. The van der Waals surface area contributed by atoms with Gasteiger partial charge in [0.1, 0.15) is 22.8 Å². The van der Waals surface area contributed by atoms with Gasteiger partial charge in [-0.1, -0.05) is 12.1 Å². The Hall–Kier alpha value is -3.37. The van der Waals surface area contributed by atoms with Crippen LogP contribution in [0.5, 0.6) is 5.75 Å². The molecule has 2 fully saturated rings. The van der Waals surface area contributed by atoms with Gasteiger partial charge >= 0.3 is 0 Å². The first-order valence-corrected chi connectivity index (χ1v) is 12.9. The van der Waals surface area contributed by atoms with Crippen LogP contribution in [-0.4, -0.2) is 73.4 Å². The van der Waals surface area contributed by atoms with Crippen LogP contribution in [0.4, 0.5) is 4.39 Å². The van der Waals surface area contributed by atoms with Crippen molar-refractivity contribution in [1.82, 2.24) is 34.5 Å². The van der Waals surface area contributed by atoms with Gasteiger partial charge in [-0.25, -0.2) is 13.6 Å². The summed E-state index contributed by atoms with van der Waals surface area (Å²) in [5.41, 5.74) is 5.52. The second kappa shape index (κ2) is 9.83. The van der Waals surface area contributed by atoms with E-state index in [9.17, 15) is 4.39 Å². The Morgan fingerprint density at radius 3 is 2.65 bits per heavy atom. The highest BCUT2D eigenvalue weighted by atomic mass is 19.1. The number of likely N-dealkylation sites (tertiary alicyclic amines) is 1. The number of hydrogen-bond donors (Lipinski definition) is 0. The molecule has 2 saturated heterocycles. The lowest BCUT2D eigenvalue weighted by molar-refractivity contribution is -0.0735. The molecule has 9 nitrogen and oxygen atoms in total. The fourth-order valence-electron chi connectivity index (χ4n) is 5.33. The third-order valence-electron chi connectivity index (χ3n) is 7.69. The van der Waals surface area contributed by atoms with Crippen LogP contribution in [0, 0.1) is 19.7 Å². The maximum atomic E-state index is 13.3. The molecule has 37 heavy (non-hydrogen) atoms. The van der Waals surface area contributed by atoms with E-state index < -0.39 is 0 Å². The van der Waals surface area contributed by atoms with Crippen LogP contribution >= 0.6 is 0 Å². The van der Waals surface area contributed by atoms with Crippen molar-refractivity contribution in [2.45, 2.75) is 51.6 Å². The van der Waals surface area contributed by atoms with Crippen LogP contribution in [0.15, 0.2) is 36.8 Å². The molecule has 0 aliphatic carbocycles. The van der Waals surface area contributed by atoms with Crippen LogP contribution in [0.3, 0.4) is 0 Å². The molecular weight excluding hydrogens is 473 g/mol. The van der Waals surface area contributed by atoms with Crippen LogP contribution < -0.4 is 4.74 Å². The first-order chi connectivity index (χ1) is 18.0. The molecular formula is C27H32FN7O2. The van der Waals surface area contributed by atoms with Gasteiger partial charge in [0.25, 0.3) is 0 Å². The largest absolute Gasteiger partial charge is 0.491 e. The zero-order valence-corrected chi connectivity index (χ0v) is 21.5.